The lowest BCUT2D eigenvalue weighted by molar-refractivity contribution is 0.597. The zero-order valence-corrected chi connectivity index (χ0v) is 14.0. The maximum atomic E-state index is 6.40. The molecule has 0 amide bonds. The molecule has 0 aliphatic carbocycles. The fourth-order valence-electron chi connectivity index (χ4n) is 2.17. The van der Waals surface area contributed by atoms with E-state index in [2.05, 4.69) is 52.2 Å². The largest absolute Gasteiger partial charge is 0.306 e. The molecule has 0 fully saturated rings. The molecule has 2 aromatic rings. The highest BCUT2D eigenvalue weighted by Crippen LogP contribution is 2.30. The summed E-state index contributed by atoms with van der Waals surface area (Å²) in [5, 5.41) is 4.31. The summed E-state index contributed by atoms with van der Waals surface area (Å²) in [5.41, 5.74) is 3.37. The quantitative estimate of drug-likeness (QED) is 0.827. The van der Waals surface area contributed by atoms with E-state index in [4.69, 9.17) is 11.6 Å². The van der Waals surface area contributed by atoms with E-state index in [1.807, 2.05) is 24.5 Å². The van der Waals surface area contributed by atoms with Crippen LogP contribution in [0.5, 0.6) is 0 Å². The van der Waals surface area contributed by atoms with Gasteiger partial charge >= 0.3 is 0 Å². The van der Waals surface area contributed by atoms with Gasteiger partial charge in [-0.15, -0.1) is 0 Å². The zero-order chi connectivity index (χ0) is 14.5. The molecule has 0 saturated heterocycles. The molecule has 0 radical (unpaired) electrons. The van der Waals surface area contributed by atoms with E-state index in [0.29, 0.717) is 0 Å². The third kappa shape index (κ3) is 3.81. The average molecular weight is 354 g/mol. The Morgan fingerprint density at radius 3 is 2.75 bits per heavy atom. The Labute approximate surface area is 133 Å². The monoisotopic (exact) mass is 352 g/mol. The standard InChI is InChI=1S/C16H18BrClN2/c1-3-6-20-16(12-7-11(2)9-19-10-12)14-5-4-13(17)8-15(14)18/h4-5,7-10,16,20H,3,6H2,1-2H3. The van der Waals surface area contributed by atoms with Crippen molar-refractivity contribution in [2.75, 3.05) is 6.54 Å². The van der Waals surface area contributed by atoms with Gasteiger partial charge in [0.25, 0.3) is 0 Å². The summed E-state index contributed by atoms with van der Waals surface area (Å²) in [6.45, 7) is 5.14. The van der Waals surface area contributed by atoms with Crippen LogP contribution in [0.15, 0.2) is 41.1 Å². The second-order valence-corrected chi connectivity index (χ2v) is 6.17. The fraction of sp³-hybridized carbons (Fsp3) is 0.312. The summed E-state index contributed by atoms with van der Waals surface area (Å²) in [7, 11) is 0. The summed E-state index contributed by atoms with van der Waals surface area (Å²) >= 11 is 9.85. The highest BCUT2D eigenvalue weighted by atomic mass is 79.9. The van der Waals surface area contributed by atoms with Gasteiger partial charge in [-0.25, -0.2) is 0 Å². The molecule has 0 spiro atoms. The van der Waals surface area contributed by atoms with Crippen molar-refractivity contribution in [2.24, 2.45) is 0 Å². The van der Waals surface area contributed by atoms with Crippen molar-refractivity contribution in [1.82, 2.24) is 10.3 Å². The van der Waals surface area contributed by atoms with E-state index in [-0.39, 0.29) is 6.04 Å². The molecule has 20 heavy (non-hydrogen) atoms. The lowest BCUT2D eigenvalue weighted by Gasteiger charge is -2.21. The van der Waals surface area contributed by atoms with E-state index in [9.17, 15) is 0 Å². The van der Waals surface area contributed by atoms with Gasteiger partial charge in [0.2, 0.25) is 0 Å². The summed E-state index contributed by atoms with van der Waals surface area (Å²) in [5.74, 6) is 0. The number of aryl methyl sites for hydroxylation is 1. The van der Waals surface area contributed by atoms with Crippen molar-refractivity contribution in [3.63, 3.8) is 0 Å². The van der Waals surface area contributed by atoms with Gasteiger partial charge in [-0.3, -0.25) is 4.98 Å². The van der Waals surface area contributed by atoms with Crippen molar-refractivity contribution in [2.45, 2.75) is 26.3 Å². The first kappa shape index (κ1) is 15.5. The Hall–Kier alpha value is -0.900. The number of rotatable bonds is 5. The second-order valence-electron chi connectivity index (χ2n) is 4.85. The lowest BCUT2D eigenvalue weighted by Crippen LogP contribution is -2.23. The van der Waals surface area contributed by atoms with Crippen LogP contribution in [0.3, 0.4) is 0 Å². The zero-order valence-electron chi connectivity index (χ0n) is 11.7. The van der Waals surface area contributed by atoms with E-state index in [1.54, 1.807) is 0 Å². The number of aromatic nitrogens is 1. The number of halogens is 2. The third-order valence-electron chi connectivity index (χ3n) is 3.10. The van der Waals surface area contributed by atoms with Crippen LogP contribution in [0, 0.1) is 6.92 Å². The van der Waals surface area contributed by atoms with Crippen LogP contribution in [-0.4, -0.2) is 11.5 Å². The van der Waals surface area contributed by atoms with Gasteiger partial charge in [0.15, 0.2) is 0 Å². The molecule has 1 atom stereocenters. The second kappa shape index (κ2) is 7.21. The van der Waals surface area contributed by atoms with Crippen LogP contribution in [0.25, 0.3) is 0 Å². The van der Waals surface area contributed by atoms with Gasteiger partial charge in [0.05, 0.1) is 6.04 Å². The Balaban J connectivity index is 2.41. The molecule has 0 aliphatic heterocycles. The lowest BCUT2D eigenvalue weighted by atomic mass is 9.99. The third-order valence-corrected chi connectivity index (χ3v) is 3.92. The predicted octanol–water partition coefficient (Wildman–Crippen LogP) is 4.89. The van der Waals surface area contributed by atoms with Crippen molar-refractivity contribution in [3.8, 4) is 0 Å². The number of pyridine rings is 1. The van der Waals surface area contributed by atoms with Gasteiger partial charge in [0, 0.05) is 21.9 Å². The summed E-state index contributed by atoms with van der Waals surface area (Å²) in [6, 6.07) is 8.23. The van der Waals surface area contributed by atoms with Gasteiger partial charge < -0.3 is 5.32 Å². The summed E-state index contributed by atoms with van der Waals surface area (Å²) in [4.78, 5) is 4.29. The minimum absolute atomic E-state index is 0.0722. The highest BCUT2D eigenvalue weighted by Gasteiger charge is 2.17. The summed E-state index contributed by atoms with van der Waals surface area (Å²) in [6.07, 6.45) is 4.84. The van der Waals surface area contributed by atoms with Crippen molar-refractivity contribution >= 4 is 27.5 Å². The SMILES string of the molecule is CCCNC(c1cncc(C)c1)c1ccc(Br)cc1Cl. The number of nitrogens with one attached hydrogen (secondary N) is 1. The number of hydrogen-bond donors (Lipinski definition) is 1. The smallest absolute Gasteiger partial charge is 0.0606 e. The minimum Gasteiger partial charge on any atom is -0.306 e. The van der Waals surface area contributed by atoms with Gasteiger partial charge in [-0.1, -0.05) is 46.6 Å². The van der Waals surface area contributed by atoms with E-state index in [0.717, 1.165) is 39.2 Å². The van der Waals surface area contributed by atoms with Crippen LogP contribution >= 0.6 is 27.5 Å². The molecule has 1 aromatic carbocycles. The normalized spacial score (nSPS) is 12.4. The van der Waals surface area contributed by atoms with Crippen molar-refractivity contribution in [3.05, 3.63) is 62.8 Å². The van der Waals surface area contributed by atoms with E-state index in [1.165, 1.54) is 0 Å². The van der Waals surface area contributed by atoms with Gasteiger partial charge in [-0.05, 0) is 48.7 Å². The van der Waals surface area contributed by atoms with Gasteiger partial charge in [-0.2, -0.15) is 0 Å². The number of hydrogen-bond acceptors (Lipinski definition) is 2. The molecule has 0 bridgehead atoms. The molecule has 0 aliphatic rings. The Bertz CT molecular complexity index is 586. The average Bonchev–Trinajstić information content (AvgIpc) is 2.41. The molecule has 4 heteroatoms. The molecule has 0 saturated carbocycles. The molecule has 1 heterocycles. The van der Waals surface area contributed by atoms with Crippen molar-refractivity contribution < 1.29 is 0 Å². The molecule has 1 aromatic heterocycles. The fourth-order valence-corrected chi connectivity index (χ4v) is 2.95. The minimum atomic E-state index is 0.0722. The Morgan fingerprint density at radius 1 is 1.30 bits per heavy atom. The van der Waals surface area contributed by atoms with Crippen molar-refractivity contribution in [1.29, 1.82) is 0 Å². The molecule has 2 nitrogen and oxygen atoms in total. The van der Waals surface area contributed by atoms with Crippen LogP contribution in [-0.2, 0) is 0 Å². The summed E-state index contributed by atoms with van der Waals surface area (Å²) < 4.78 is 0.989. The van der Waals surface area contributed by atoms with Gasteiger partial charge in [0.1, 0.15) is 0 Å². The molecule has 106 valence electrons. The number of nitrogens with zero attached hydrogens (tertiary/aromatic N) is 1. The predicted molar refractivity (Wildman–Crippen MR) is 88.3 cm³/mol. The van der Waals surface area contributed by atoms with Crippen LogP contribution < -0.4 is 5.32 Å². The molecule has 1 unspecified atom stereocenters. The first-order valence-electron chi connectivity index (χ1n) is 6.71. The first-order valence-corrected chi connectivity index (χ1v) is 7.88. The van der Waals surface area contributed by atoms with E-state index >= 15 is 0 Å². The molecular formula is C16H18BrClN2. The highest BCUT2D eigenvalue weighted by molar-refractivity contribution is 9.10. The Kier molecular flexibility index (Phi) is 5.58. The molecule has 2 rings (SSSR count). The Morgan fingerprint density at radius 2 is 2.10 bits per heavy atom. The van der Waals surface area contributed by atoms with Crippen LogP contribution in [0.2, 0.25) is 5.02 Å². The first-order chi connectivity index (χ1) is 9.61. The molecule has 1 N–H and O–H groups in total. The maximum absolute atomic E-state index is 6.40. The van der Waals surface area contributed by atoms with Crippen LogP contribution in [0.4, 0.5) is 0 Å². The number of benzene rings is 1. The van der Waals surface area contributed by atoms with E-state index < -0.39 is 0 Å². The topological polar surface area (TPSA) is 24.9 Å². The maximum Gasteiger partial charge on any atom is 0.0606 e. The molecular weight excluding hydrogens is 336 g/mol. The van der Waals surface area contributed by atoms with Crippen LogP contribution in [0.1, 0.15) is 36.1 Å².